The first kappa shape index (κ1) is 27.1. The molecular formula is C27H27ClFN5O4. The average Bonchev–Trinajstić information content (AvgIpc) is 2.84. The first-order chi connectivity index (χ1) is 17.8. The molecule has 0 radical (unpaired) electrons. The third-order valence-electron chi connectivity index (χ3n) is 6.82. The van der Waals surface area contributed by atoms with E-state index in [1.54, 1.807) is 6.07 Å². The molecule has 0 aliphatic carbocycles. The summed E-state index contributed by atoms with van der Waals surface area (Å²) < 4.78 is 14.4. The highest BCUT2D eigenvalue weighted by Gasteiger charge is 2.43. The number of amides is 1. The van der Waals surface area contributed by atoms with Crippen molar-refractivity contribution in [2.45, 2.75) is 46.6 Å². The van der Waals surface area contributed by atoms with E-state index in [0.717, 1.165) is 0 Å². The number of nitro benzene ring substituents is 1. The van der Waals surface area contributed by atoms with Crippen LogP contribution in [0.5, 0.6) is 0 Å². The maximum atomic E-state index is 14.4. The summed E-state index contributed by atoms with van der Waals surface area (Å²) in [4.78, 5) is 33.1. The van der Waals surface area contributed by atoms with Crippen LogP contribution in [0.4, 0.5) is 26.4 Å². The van der Waals surface area contributed by atoms with Gasteiger partial charge in [-0.05, 0) is 43.4 Å². The summed E-state index contributed by atoms with van der Waals surface area (Å²) in [5, 5.41) is 24.7. The molecule has 2 atom stereocenters. The van der Waals surface area contributed by atoms with Crippen LogP contribution in [0.3, 0.4) is 0 Å². The number of nitrogens with one attached hydrogen (secondary N) is 1. The van der Waals surface area contributed by atoms with E-state index in [1.807, 2.05) is 27.7 Å². The van der Waals surface area contributed by atoms with E-state index in [2.05, 4.69) is 27.1 Å². The summed E-state index contributed by atoms with van der Waals surface area (Å²) in [5.41, 5.74) is -0.464. The van der Waals surface area contributed by atoms with Crippen molar-refractivity contribution in [2.75, 3.05) is 11.9 Å². The van der Waals surface area contributed by atoms with Crippen molar-refractivity contribution in [1.29, 1.82) is 0 Å². The number of benzene rings is 2. The van der Waals surface area contributed by atoms with E-state index < -0.39 is 22.2 Å². The van der Waals surface area contributed by atoms with Crippen molar-refractivity contribution in [3.8, 4) is 11.8 Å². The van der Waals surface area contributed by atoms with Gasteiger partial charge in [-0.1, -0.05) is 50.3 Å². The molecule has 11 heteroatoms. The second-order valence-electron chi connectivity index (χ2n) is 10.7. The lowest BCUT2D eigenvalue weighted by Crippen LogP contribution is -2.53. The van der Waals surface area contributed by atoms with Crippen LogP contribution in [0.2, 0.25) is 5.02 Å². The largest absolute Gasteiger partial charge is 0.465 e. The third kappa shape index (κ3) is 5.48. The van der Waals surface area contributed by atoms with Gasteiger partial charge in [-0.25, -0.2) is 19.2 Å². The molecule has 198 valence electrons. The number of likely N-dealkylation sites (tertiary alicyclic amines) is 1. The Labute approximate surface area is 224 Å². The molecule has 1 aliphatic rings. The van der Waals surface area contributed by atoms with Crippen LogP contribution in [0.1, 0.15) is 46.1 Å². The first-order valence-electron chi connectivity index (χ1n) is 12.0. The fraction of sp³-hybridized carbons (Fsp3) is 0.370. The summed E-state index contributed by atoms with van der Waals surface area (Å²) in [7, 11) is 0. The molecule has 1 saturated heterocycles. The monoisotopic (exact) mass is 539 g/mol. The predicted octanol–water partition coefficient (Wildman–Crippen LogP) is 6.62. The number of aromatic nitrogens is 2. The van der Waals surface area contributed by atoms with Crippen LogP contribution in [-0.4, -0.2) is 43.6 Å². The smallest absolute Gasteiger partial charge is 0.407 e. The minimum Gasteiger partial charge on any atom is -0.465 e. The number of fused-ring (bicyclic) bond motifs is 1. The maximum absolute atomic E-state index is 14.4. The van der Waals surface area contributed by atoms with Gasteiger partial charge in [0.15, 0.2) is 5.82 Å². The van der Waals surface area contributed by atoms with Gasteiger partial charge >= 0.3 is 6.09 Å². The molecule has 2 N–H and O–H groups in total. The molecule has 38 heavy (non-hydrogen) atoms. The molecule has 4 rings (SSSR count). The molecule has 0 spiro atoms. The van der Waals surface area contributed by atoms with Gasteiger partial charge in [-0.15, -0.1) is 0 Å². The Morgan fingerprint density at radius 3 is 2.74 bits per heavy atom. The molecule has 3 aromatic rings. The molecule has 0 bridgehead atoms. The minimum atomic E-state index is -0.966. The van der Waals surface area contributed by atoms with Crippen LogP contribution in [0.15, 0.2) is 36.7 Å². The molecular weight excluding hydrogens is 513 g/mol. The van der Waals surface area contributed by atoms with Crippen LogP contribution in [0, 0.1) is 38.6 Å². The highest BCUT2D eigenvalue weighted by molar-refractivity contribution is 6.31. The summed E-state index contributed by atoms with van der Waals surface area (Å²) in [6.45, 7) is 8.24. The highest BCUT2D eigenvalue weighted by Crippen LogP contribution is 2.41. The quantitative estimate of drug-likeness (QED) is 0.218. The molecule has 1 amide bonds. The Bertz CT molecular complexity index is 1500. The zero-order chi connectivity index (χ0) is 27.8. The lowest BCUT2D eigenvalue weighted by atomic mass is 9.70. The second kappa shape index (κ2) is 10.1. The Morgan fingerprint density at radius 2 is 2.08 bits per heavy atom. The number of carboxylic acid groups (broad SMARTS) is 1. The van der Waals surface area contributed by atoms with Gasteiger partial charge in [0.2, 0.25) is 0 Å². The number of nitrogens with zero attached hydrogens (tertiary/aromatic N) is 4. The van der Waals surface area contributed by atoms with Crippen molar-refractivity contribution in [2.24, 2.45) is 10.8 Å². The van der Waals surface area contributed by atoms with E-state index >= 15 is 0 Å². The number of carbonyl (C=O) groups is 1. The molecule has 2 heterocycles. The van der Waals surface area contributed by atoms with Gasteiger partial charge in [0.25, 0.3) is 5.69 Å². The highest BCUT2D eigenvalue weighted by atomic mass is 35.5. The molecule has 9 nitrogen and oxygen atoms in total. The Balaban J connectivity index is 1.73. The fourth-order valence-electron chi connectivity index (χ4n) is 4.67. The van der Waals surface area contributed by atoms with E-state index in [1.165, 1.54) is 35.5 Å². The average molecular weight is 540 g/mol. The van der Waals surface area contributed by atoms with E-state index in [4.69, 9.17) is 11.6 Å². The Kier molecular flexibility index (Phi) is 7.17. The van der Waals surface area contributed by atoms with E-state index in [0.29, 0.717) is 30.3 Å². The Morgan fingerprint density at radius 1 is 1.34 bits per heavy atom. The van der Waals surface area contributed by atoms with Crippen molar-refractivity contribution in [3.05, 3.63) is 63.2 Å². The van der Waals surface area contributed by atoms with Gasteiger partial charge in [-0.2, -0.15) is 0 Å². The number of piperidine rings is 1. The van der Waals surface area contributed by atoms with Gasteiger partial charge in [0, 0.05) is 29.5 Å². The zero-order valence-electron chi connectivity index (χ0n) is 21.4. The lowest BCUT2D eigenvalue weighted by Gasteiger charge is -2.47. The number of halogens is 2. The number of rotatable bonds is 3. The molecule has 2 unspecified atom stereocenters. The summed E-state index contributed by atoms with van der Waals surface area (Å²) in [5.74, 6) is 5.70. The molecule has 2 aromatic carbocycles. The number of hydrogen-bond acceptors (Lipinski definition) is 6. The van der Waals surface area contributed by atoms with Gasteiger partial charge < -0.3 is 15.3 Å². The zero-order valence-corrected chi connectivity index (χ0v) is 22.1. The SMILES string of the molecule is CC1(C#Cc2cc3ncnc(Nc4cccc(Cl)c4F)c3cc2[N+](=O)[O-])CCN(C(=O)O)C(C(C)(C)C)C1. The van der Waals surface area contributed by atoms with Crippen molar-refractivity contribution < 1.29 is 19.2 Å². The lowest BCUT2D eigenvalue weighted by molar-refractivity contribution is -0.385. The van der Waals surface area contributed by atoms with Gasteiger partial charge in [0.1, 0.15) is 17.7 Å². The number of nitro groups is 1. The predicted molar refractivity (Wildman–Crippen MR) is 143 cm³/mol. The van der Waals surface area contributed by atoms with Crippen LogP contribution in [0.25, 0.3) is 10.9 Å². The number of hydrogen-bond donors (Lipinski definition) is 2. The molecule has 1 aromatic heterocycles. The molecule has 0 saturated carbocycles. The standard InChI is InChI=1S/C27H27ClFN5O4/c1-26(2,3)22-14-27(4,10-11-33(22)25(35)36)9-8-16-12-20-17(13-21(16)34(37)38)24(31-15-30-20)32-19-7-5-6-18(28)23(19)29/h5-7,12-13,15,22H,10-11,14H2,1-4H3,(H,35,36)(H,30,31,32). The fourth-order valence-corrected chi connectivity index (χ4v) is 4.84. The normalized spacial score (nSPS) is 19.5. The van der Waals surface area contributed by atoms with E-state index in [-0.39, 0.29) is 39.2 Å². The molecule has 1 aliphatic heterocycles. The van der Waals surface area contributed by atoms with E-state index in [9.17, 15) is 24.4 Å². The first-order valence-corrected chi connectivity index (χ1v) is 12.3. The van der Waals surface area contributed by atoms with Crippen LogP contribution < -0.4 is 5.32 Å². The Hall–Kier alpha value is -3.97. The van der Waals surface area contributed by atoms with Gasteiger partial charge in [0.05, 0.1) is 21.2 Å². The topological polar surface area (TPSA) is 121 Å². The maximum Gasteiger partial charge on any atom is 0.407 e. The van der Waals surface area contributed by atoms with Crippen molar-refractivity contribution in [1.82, 2.24) is 14.9 Å². The van der Waals surface area contributed by atoms with Crippen molar-refractivity contribution >= 4 is 45.8 Å². The van der Waals surface area contributed by atoms with Crippen molar-refractivity contribution in [3.63, 3.8) is 0 Å². The molecule has 1 fully saturated rings. The third-order valence-corrected chi connectivity index (χ3v) is 7.11. The van der Waals surface area contributed by atoms with Crippen LogP contribution in [-0.2, 0) is 0 Å². The number of anilines is 2. The second-order valence-corrected chi connectivity index (χ2v) is 11.1. The van der Waals surface area contributed by atoms with Gasteiger partial charge in [-0.3, -0.25) is 10.1 Å². The summed E-state index contributed by atoms with van der Waals surface area (Å²) in [6.07, 6.45) is 1.31. The minimum absolute atomic E-state index is 0.0676. The summed E-state index contributed by atoms with van der Waals surface area (Å²) in [6, 6.07) is 7.03. The van der Waals surface area contributed by atoms with Crippen LogP contribution >= 0.6 is 11.6 Å². The summed E-state index contributed by atoms with van der Waals surface area (Å²) >= 11 is 5.87.